The number of rotatable bonds is 6. The molecule has 34 heavy (non-hydrogen) atoms. The number of carbonyl (C=O) groups excluding carboxylic acids is 2. The SMILES string of the molecule is COc1ccccc1N1C(=O)CS[C@@H]1c1ccc([C@H]2SCC(=O)N2c2ccccc2OC)cc1. The number of para-hydroxylation sites is 4. The van der Waals surface area contributed by atoms with Crippen molar-refractivity contribution in [2.75, 3.05) is 35.5 Å². The summed E-state index contributed by atoms with van der Waals surface area (Å²) in [6.07, 6.45) is 0. The summed E-state index contributed by atoms with van der Waals surface area (Å²) in [6.45, 7) is 0. The molecule has 2 saturated heterocycles. The Balaban J connectivity index is 1.44. The number of hydrogen-bond acceptors (Lipinski definition) is 6. The van der Waals surface area contributed by atoms with Crippen molar-refractivity contribution >= 4 is 46.7 Å². The van der Waals surface area contributed by atoms with E-state index in [4.69, 9.17) is 9.47 Å². The number of thioether (sulfide) groups is 2. The van der Waals surface area contributed by atoms with Gasteiger partial charge in [0.1, 0.15) is 22.2 Å². The quantitative estimate of drug-likeness (QED) is 0.468. The van der Waals surface area contributed by atoms with Crippen molar-refractivity contribution in [3.05, 3.63) is 83.9 Å². The lowest BCUT2D eigenvalue weighted by Gasteiger charge is -2.27. The van der Waals surface area contributed by atoms with Crippen LogP contribution in [-0.4, -0.2) is 37.5 Å². The third-order valence-electron chi connectivity index (χ3n) is 5.93. The van der Waals surface area contributed by atoms with Gasteiger partial charge in [0, 0.05) is 0 Å². The number of nitrogens with zero attached hydrogens (tertiary/aromatic N) is 2. The molecule has 6 nitrogen and oxygen atoms in total. The van der Waals surface area contributed by atoms with Crippen molar-refractivity contribution < 1.29 is 19.1 Å². The van der Waals surface area contributed by atoms with Gasteiger partial charge in [0.25, 0.3) is 0 Å². The number of benzene rings is 3. The number of methoxy groups -OCH3 is 2. The van der Waals surface area contributed by atoms with Gasteiger partial charge in [-0.2, -0.15) is 0 Å². The van der Waals surface area contributed by atoms with Gasteiger partial charge in [-0.05, 0) is 35.4 Å². The molecule has 3 aromatic rings. The topological polar surface area (TPSA) is 59.1 Å². The first kappa shape index (κ1) is 22.7. The summed E-state index contributed by atoms with van der Waals surface area (Å²) < 4.78 is 11.0. The lowest BCUT2D eigenvalue weighted by molar-refractivity contribution is -0.116. The molecule has 0 aliphatic carbocycles. The van der Waals surface area contributed by atoms with Crippen LogP contribution in [0.15, 0.2) is 72.8 Å². The largest absolute Gasteiger partial charge is 0.495 e. The fraction of sp³-hybridized carbons (Fsp3) is 0.231. The van der Waals surface area contributed by atoms with Gasteiger partial charge >= 0.3 is 0 Å². The average molecular weight is 493 g/mol. The first-order chi connectivity index (χ1) is 16.6. The van der Waals surface area contributed by atoms with Gasteiger partial charge in [0.15, 0.2) is 0 Å². The van der Waals surface area contributed by atoms with E-state index in [1.54, 1.807) is 37.7 Å². The van der Waals surface area contributed by atoms with Crippen molar-refractivity contribution in [3.63, 3.8) is 0 Å². The number of anilines is 2. The highest BCUT2D eigenvalue weighted by Crippen LogP contribution is 2.47. The molecule has 2 amide bonds. The van der Waals surface area contributed by atoms with Crippen molar-refractivity contribution in [3.8, 4) is 11.5 Å². The molecule has 2 aliphatic heterocycles. The second-order valence-electron chi connectivity index (χ2n) is 7.86. The third-order valence-corrected chi connectivity index (χ3v) is 8.36. The predicted octanol–water partition coefficient (Wildman–Crippen LogP) is 5.26. The molecule has 2 aliphatic rings. The summed E-state index contributed by atoms with van der Waals surface area (Å²) in [5.41, 5.74) is 3.61. The molecule has 0 bridgehead atoms. The smallest absolute Gasteiger partial charge is 0.238 e. The molecule has 2 atom stereocenters. The van der Waals surface area contributed by atoms with Gasteiger partial charge in [0.2, 0.25) is 11.8 Å². The van der Waals surface area contributed by atoms with Crippen LogP contribution >= 0.6 is 23.5 Å². The van der Waals surface area contributed by atoms with Crippen LogP contribution in [0.3, 0.4) is 0 Å². The Labute approximate surface area is 207 Å². The van der Waals surface area contributed by atoms with E-state index in [0.717, 1.165) is 22.5 Å². The Bertz CT molecular complexity index is 1120. The molecule has 2 heterocycles. The van der Waals surface area contributed by atoms with Gasteiger partial charge in [0.05, 0.1) is 37.1 Å². The molecule has 5 rings (SSSR count). The van der Waals surface area contributed by atoms with Crippen LogP contribution in [0.4, 0.5) is 11.4 Å². The summed E-state index contributed by atoms with van der Waals surface area (Å²) in [6, 6.07) is 23.4. The number of ether oxygens (including phenoxy) is 2. The summed E-state index contributed by atoms with van der Waals surface area (Å²) in [5.74, 6) is 2.30. The van der Waals surface area contributed by atoms with Crippen LogP contribution < -0.4 is 19.3 Å². The standard InChI is InChI=1S/C26H24N2O4S2/c1-31-21-9-5-3-7-19(21)27-23(29)15-33-25(27)17-11-13-18(14-12-17)26-28(24(30)16-34-26)20-8-4-6-10-22(20)32-2/h3-14,25-26H,15-16H2,1-2H3/t25-,26-/m1/s1. The van der Waals surface area contributed by atoms with Gasteiger partial charge in [-0.3, -0.25) is 19.4 Å². The van der Waals surface area contributed by atoms with E-state index in [2.05, 4.69) is 24.3 Å². The van der Waals surface area contributed by atoms with Crippen LogP contribution in [0, 0.1) is 0 Å². The van der Waals surface area contributed by atoms with Gasteiger partial charge in [-0.1, -0.05) is 48.5 Å². The highest BCUT2D eigenvalue weighted by Gasteiger charge is 2.37. The van der Waals surface area contributed by atoms with Gasteiger partial charge in [-0.25, -0.2) is 0 Å². The highest BCUT2D eigenvalue weighted by atomic mass is 32.2. The van der Waals surface area contributed by atoms with Crippen molar-refractivity contribution in [1.82, 2.24) is 0 Å². The fourth-order valence-corrected chi connectivity index (χ4v) is 6.68. The Morgan fingerprint density at radius 3 is 1.41 bits per heavy atom. The molecule has 0 N–H and O–H groups in total. The average Bonchev–Trinajstić information content (AvgIpc) is 3.46. The summed E-state index contributed by atoms with van der Waals surface area (Å²) in [4.78, 5) is 29.2. The molecule has 0 saturated carbocycles. The van der Waals surface area contributed by atoms with Crippen LogP contribution in [0.5, 0.6) is 11.5 Å². The Morgan fingerprint density at radius 1 is 0.647 bits per heavy atom. The minimum absolute atomic E-state index is 0.0582. The molecule has 0 radical (unpaired) electrons. The van der Waals surface area contributed by atoms with E-state index in [9.17, 15) is 9.59 Å². The van der Waals surface area contributed by atoms with E-state index in [1.807, 2.05) is 58.3 Å². The zero-order chi connectivity index (χ0) is 23.7. The highest BCUT2D eigenvalue weighted by molar-refractivity contribution is 8.01. The summed E-state index contributed by atoms with van der Waals surface area (Å²) in [5, 5.41) is -0.276. The van der Waals surface area contributed by atoms with Gasteiger partial charge in [-0.15, -0.1) is 23.5 Å². The molecule has 0 unspecified atom stereocenters. The fourth-order valence-electron chi connectivity index (χ4n) is 4.34. The Kier molecular flexibility index (Phi) is 6.43. The summed E-state index contributed by atoms with van der Waals surface area (Å²) >= 11 is 3.20. The second-order valence-corrected chi connectivity index (χ2v) is 10.0. The molecular weight excluding hydrogens is 468 g/mol. The minimum atomic E-state index is -0.138. The molecule has 8 heteroatoms. The van der Waals surface area contributed by atoms with E-state index in [0.29, 0.717) is 23.0 Å². The van der Waals surface area contributed by atoms with Crippen molar-refractivity contribution in [2.24, 2.45) is 0 Å². The molecule has 3 aromatic carbocycles. The number of amides is 2. The van der Waals surface area contributed by atoms with E-state index in [1.165, 1.54) is 0 Å². The third kappa shape index (κ3) is 4.01. The zero-order valence-corrected chi connectivity index (χ0v) is 20.5. The molecule has 2 fully saturated rings. The normalized spacial score (nSPS) is 20.2. The predicted molar refractivity (Wildman–Crippen MR) is 138 cm³/mol. The summed E-state index contributed by atoms with van der Waals surface area (Å²) in [7, 11) is 3.23. The van der Waals surface area contributed by atoms with Crippen molar-refractivity contribution in [1.29, 1.82) is 0 Å². The zero-order valence-electron chi connectivity index (χ0n) is 18.8. The molecule has 0 spiro atoms. The minimum Gasteiger partial charge on any atom is -0.495 e. The monoisotopic (exact) mass is 492 g/mol. The Hall–Kier alpha value is -3.10. The van der Waals surface area contributed by atoms with Crippen LogP contribution in [0.1, 0.15) is 21.9 Å². The van der Waals surface area contributed by atoms with Crippen LogP contribution in [0.25, 0.3) is 0 Å². The Morgan fingerprint density at radius 2 is 1.03 bits per heavy atom. The van der Waals surface area contributed by atoms with Gasteiger partial charge < -0.3 is 9.47 Å². The number of carbonyl (C=O) groups is 2. The van der Waals surface area contributed by atoms with E-state index in [-0.39, 0.29) is 22.6 Å². The van der Waals surface area contributed by atoms with E-state index < -0.39 is 0 Å². The van der Waals surface area contributed by atoms with Crippen molar-refractivity contribution in [2.45, 2.75) is 10.7 Å². The van der Waals surface area contributed by atoms with Crippen LogP contribution in [-0.2, 0) is 9.59 Å². The van der Waals surface area contributed by atoms with E-state index >= 15 is 0 Å². The maximum atomic E-state index is 12.8. The second kappa shape index (κ2) is 9.64. The first-order valence-electron chi connectivity index (χ1n) is 10.9. The first-order valence-corrected chi connectivity index (χ1v) is 13.0. The molecular formula is C26H24N2O4S2. The number of hydrogen-bond donors (Lipinski definition) is 0. The van der Waals surface area contributed by atoms with Crippen LogP contribution in [0.2, 0.25) is 0 Å². The molecule has 0 aromatic heterocycles. The maximum absolute atomic E-state index is 12.8. The maximum Gasteiger partial charge on any atom is 0.238 e. The lowest BCUT2D eigenvalue weighted by atomic mass is 10.1. The lowest BCUT2D eigenvalue weighted by Crippen LogP contribution is -2.29. The molecule has 174 valence electrons.